The maximum absolute atomic E-state index is 14.9. The van der Waals surface area contributed by atoms with Crippen LogP contribution in [0.4, 0.5) is 5.69 Å². The Balaban J connectivity index is 1.04. The molecule has 62 heavy (non-hydrogen) atoms. The number of hydrogen-bond donors (Lipinski definition) is 1. The minimum Gasteiger partial charge on any atom is -0.490 e. The number of halogens is 1. The first kappa shape index (κ1) is 43.3. The zero-order chi connectivity index (χ0) is 43.0. The molecule has 2 aromatic carbocycles. The Morgan fingerprint density at radius 1 is 1.11 bits per heavy atom. The van der Waals surface area contributed by atoms with Crippen molar-refractivity contribution in [1.82, 2.24) is 24.3 Å². The summed E-state index contributed by atoms with van der Waals surface area (Å²) >= 11 is 6.54. The number of aryl methyl sites for hydroxylation is 2. The molecule has 1 unspecified atom stereocenters. The molecule has 3 aromatic rings. The van der Waals surface area contributed by atoms with Crippen LogP contribution in [-0.4, -0.2) is 133 Å². The van der Waals surface area contributed by atoms with Gasteiger partial charge in [-0.05, 0) is 97.7 Å². The van der Waals surface area contributed by atoms with E-state index in [1.54, 1.807) is 13.1 Å². The summed E-state index contributed by atoms with van der Waals surface area (Å²) in [6.45, 7) is 11.3. The standard InChI is InChI=1S/C46H60ClN7O7S/c1-31-6-4-8-41(60-21-20-52-16-18-53(19-17-52)36-26-59-27-36)37-12-9-34(37)24-54-29-46(15-5-7-32-22-35(47)11-13-39(32)46)30-61-42-14-10-33(23-40(42)54)43(55)49-62(57,28-31)50-44(56)38-25-51(2)48-45(38)58-3/h4,8,10-11,13-14,22-23,25,31,34,36-37,41H,5-7,9,12,15-21,24,26-30H2,1-3H3,(H,49,50,55,56,57)/b8-4+/t31-,34-,37+,41-,46-,62?/m0/s1. The molecule has 1 aromatic heterocycles. The van der Waals surface area contributed by atoms with Crippen LogP contribution in [0.25, 0.3) is 0 Å². The van der Waals surface area contributed by atoms with Crippen molar-refractivity contribution in [1.29, 1.82) is 0 Å². The summed E-state index contributed by atoms with van der Waals surface area (Å²) in [5.41, 5.74) is 3.42. The fraction of sp³-hybridized carbons (Fsp3) is 0.587. The number of fused-ring (bicyclic) bond motifs is 4. The van der Waals surface area contributed by atoms with Gasteiger partial charge in [-0.3, -0.25) is 28.8 Å². The van der Waals surface area contributed by atoms with Gasteiger partial charge in [-0.2, -0.15) is 0 Å². The fourth-order valence-electron chi connectivity index (χ4n) is 10.4. The monoisotopic (exact) mass is 889 g/mol. The second-order valence-corrected chi connectivity index (χ2v) is 20.8. The van der Waals surface area contributed by atoms with Crippen LogP contribution >= 0.6 is 11.6 Å². The maximum Gasteiger partial charge on any atom is 0.286 e. The molecule has 1 saturated carbocycles. The number of nitrogens with zero attached hydrogens (tertiary/aromatic N) is 6. The third-order valence-electron chi connectivity index (χ3n) is 14.0. The van der Waals surface area contributed by atoms with E-state index in [4.69, 9.17) is 30.5 Å². The van der Waals surface area contributed by atoms with E-state index in [0.717, 1.165) is 95.3 Å². The van der Waals surface area contributed by atoms with Crippen molar-refractivity contribution in [2.24, 2.45) is 29.2 Å². The summed E-state index contributed by atoms with van der Waals surface area (Å²) in [5, 5.41) is 4.93. The number of hydrogen-bond acceptors (Lipinski definition) is 11. The number of ether oxygens (including phenoxy) is 4. The molecular weight excluding hydrogens is 830 g/mol. The van der Waals surface area contributed by atoms with Gasteiger partial charge < -0.3 is 23.8 Å². The van der Waals surface area contributed by atoms with Gasteiger partial charge in [0.25, 0.3) is 11.8 Å². The smallest absolute Gasteiger partial charge is 0.286 e. The molecule has 14 nitrogen and oxygen atoms in total. The Morgan fingerprint density at radius 2 is 1.95 bits per heavy atom. The molecule has 0 radical (unpaired) electrons. The fourth-order valence-corrected chi connectivity index (χ4v) is 12.5. The zero-order valence-electron chi connectivity index (χ0n) is 36.1. The molecule has 1 N–H and O–H groups in total. The van der Waals surface area contributed by atoms with E-state index in [-0.39, 0.29) is 40.2 Å². The minimum absolute atomic E-state index is 0.0416. The Morgan fingerprint density at radius 3 is 2.71 bits per heavy atom. The van der Waals surface area contributed by atoms with Gasteiger partial charge in [0.2, 0.25) is 5.88 Å². The predicted molar refractivity (Wildman–Crippen MR) is 239 cm³/mol. The Hall–Kier alpha value is -3.99. The minimum atomic E-state index is -3.64. The van der Waals surface area contributed by atoms with Crippen LogP contribution in [0.3, 0.4) is 0 Å². The number of methoxy groups -OCH3 is 1. The number of nitrogens with one attached hydrogen (secondary N) is 1. The third kappa shape index (κ3) is 9.16. The van der Waals surface area contributed by atoms with Crippen molar-refractivity contribution in [3.8, 4) is 11.6 Å². The van der Waals surface area contributed by atoms with Crippen LogP contribution in [0.2, 0.25) is 5.02 Å². The lowest BCUT2D eigenvalue weighted by Crippen LogP contribution is -2.56. The zero-order valence-corrected chi connectivity index (χ0v) is 37.7. The second kappa shape index (κ2) is 18.2. The van der Waals surface area contributed by atoms with Gasteiger partial charge in [0.05, 0.1) is 57.1 Å². The lowest BCUT2D eigenvalue weighted by atomic mass is 9.68. The second-order valence-electron chi connectivity index (χ2n) is 18.3. The van der Waals surface area contributed by atoms with Gasteiger partial charge in [-0.15, -0.1) is 9.46 Å². The van der Waals surface area contributed by atoms with Gasteiger partial charge in [0.15, 0.2) is 0 Å². The van der Waals surface area contributed by atoms with E-state index in [9.17, 15) is 13.8 Å². The predicted octanol–water partition coefficient (Wildman–Crippen LogP) is 5.53. The average molecular weight is 891 g/mol. The van der Waals surface area contributed by atoms with E-state index in [1.165, 1.54) is 29.1 Å². The molecule has 2 bridgehead atoms. The van der Waals surface area contributed by atoms with Crippen LogP contribution < -0.4 is 19.1 Å². The van der Waals surface area contributed by atoms with E-state index < -0.39 is 21.7 Å². The number of anilines is 1. The van der Waals surface area contributed by atoms with E-state index in [1.807, 2.05) is 25.1 Å². The average Bonchev–Trinajstić information content (AvgIpc) is 3.54. The summed E-state index contributed by atoms with van der Waals surface area (Å²) in [5.74, 6) is -0.170. The number of benzene rings is 2. The molecule has 1 spiro atoms. The SMILES string of the molecule is COc1nn(C)cc1C(=O)NS1(=O)=NC(=O)c2ccc3c(c2)N(C[C@@H]2CC[C@H]2[C@@H](OCCN2CCN(C4COC4)CC2)/C=C/C[C@H](C)C1)C[C@@]1(CCCc2cc(Cl)ccc21)CO3. The van der Waals surface area contributed by atoms with Crippen LogP contribution in [0.15, 0.2) is 59.1 Å². The van der Waals surface area contributed by atoms with Crippen molar-refractivity contribution in [3.63, 3.8) is 0 Å². The van der Waals surface area contributed by atoms with E-state index >= 15 is 0 Å². The molecule has 6 atom stereocenters. The molecular formula is C46H60ClN7O7S. The summed E-state index contributed by atoms with van der Waals surface area (Å²) < 4.78 is 47.7. The van der Waals surface area contributed by atoms with Crippen molar-refractivity contribution >= 4 is 39.0 Å². The number of rotatable bonds is 8. The molecule has 6 aliphatic rings. The van der Waals surface area contributed by atoms with Crippen molar-refractivity contribution in [2.45, 2.75) is 63.0 Å². The van der Waals surface area contributed by atoms with Crippen LogP contribution in [0.5, 0.6) is 11.6 Å². The molecule has 5 heterocycles. The molecule has 2 aliphatic carbocycles. The third-order valence-corrected chi connectivity index (χ3v) is 16.2. The van der Waals surface area contributed by atoms with Gasteiger partial charge >= 0.3 is 0 Å². The highest BCUT2D eigenvalue weighted by Gasteiger charge is 2.45. The molecule has 334 valence electrons. The first-order valence-electron chi connectivity index (χ1n) is 22.3. The van der Waals surface area contributed by atoms with Gasteiger partial charge in [0.1, 0.15) is 21.2 Å². The summed E-state index contributed by atoms with van der Waals surface area (Å²) in [6.07, 6.45) is 11.4. The number of carbonyl (C=O) groups excluding carboxylic acids is 2. The first-order chi connectivity index (χ1) is 30.0. The lowest BCUT2D eigenvalue weighted by molar-refractivity contribution is -0.0797. The highest BCUT2D eigenvalue weighted by atomic mass is 35.5. The number of amides is 2. The van der Waals surface area contributed by atoms with E-state index in [2.05, 4.69) is 53.2 Å². The van der Waals surface area contributed by atoms with E-state index in [0.29, 0.717) is 49.8 Å². The number of allylic oxidation sites excluding steroid dienone is 1. The summed E-state index contributed by atoms with van der Waals surface area (Å²) in [4.78, 5) is 35.4. The molecule has 16 heteroatoms. The van der Waals surface area contributed by atoms with Crippen LogP contribution in [0, 0.1) is 17.8 Å². The van der Waals surface area contributed by atoms with Gasteiger partial charge in [-0.25, -0.2) is 4.21 Å². The van der Waals surface area contributed by atoms with Crippen molar-refractivity contribution < 1.29 is 32.7 Å². The highest BCUT2D eigenvalue weighted by Crippen LogP contribution is 2.47. The molecule has 9 rings (SSSR count). The topological polar surface area (TPSA) is 140 Å². The van der Waals surface area contributed by atoms with Crippen LogP contribution in [-0.2, 0) is 38.3 Å². The van der Waals surface area contributed by atoms with Crippen molar-refractivity contribution in [3.05, 3.63) is 82.0 Å². The highest BCUT2D eigenvalue weighted by molar-refractivity contribution is 7.92. The Labute approximate surface area is 370 Å². The Bertz CT molecular complexity index is 2300. The Kier molecular flexibility index (Phi) is 12.7. The molecule has 2 amide bonds. The summed E-state index contributed by atoms with van der Waals surface area (Å²) in [6, 6.07) is 12.2. The molecule has 4 aliphatic heterocycles. The number of carbonyl (C=O) groups is 2. The first-order valence-corrected chi connectivity index (χ1v) is 24.4. The lowest BCUT2D eigenvalue weighted by Gasteiger charge is -2.46. The number of aromatic nitrogens is 2. The quantitative estimate of drug-likeness (QED) is 0.286. The number of piperazine rings is 1. The van der Waals surface area contributed by atoms with Gasteiger partial charge in [0, 0.05) is 75.1 Å². The largest absolute Gasteiger partial charge is 0.490 e. The van der Waals surface area contributed by atoms with Gasteiger partial charge in [-0.1, -0.05) is 36.7 Å². The van der Waals surface area contributed by atoms with Crippen LogP contribution in [0.1, 0.15) is 70.9 Å². The normalized spacial score (nSPS) is 30.1. The molecule has 3 fully saturated rings. The van der Waals surface area contributed by atoms with Crippen molar-refractivity contribution in [2.75, 3.05) is 90.0 Å². The summed E-state index contributed by atoms with van der Waals surface area (Å²) in [7, 11) is -0.556. The molecule has 2 saturated heterocycles. The maximum atomic E-state index is 14.9.